The first-order chi connectivity index (χ1) is 9.08. The molecule has 2 nitrogen and oxygen atoms in total. The van der Waals surface area contributed by atoms with Crippen LogP contribution in [0.1, 0.15) is 20.8 Å². The third-order valence-corrected chi connectivity index (χ3v) is 4.92. The first kappa shape index (κ1) is 12.7. The number of H-pyrrole nitrogens is 1. The highest BCUT2D eigenvalue weighted by Crippen LogP contribution is 2.32. The summed E-state index contributed by atoms with van der Waals surface area (Å²) in [7, 11) is 0. The van der Waals surface area contributed by atoms with Crippen molar-refractivity contribution in [1.82, 2.24) is 4.98 Å². The summed E-state index contributed by atoms with van der Waals surface area (Å²) in [6, 6.07) is 5.43. The number of thiophene rings is 1. The molecule has 0 amide bonds. The third kappa shape index (κ3) is 2.08. The number of aromatic nitrogens is 1. The number of aromatic amines is 1. The number of carbonyl (C=O) groups excluding carboxylic acids is 1. The number of nitrogens with one attached hydrogen (secondary N) is 1. The van der Waals surface area contributed by atoms with Crippen LogP contribution < -0.4 is 0 Å². The molecule has 0 saturated carbocycles. The summed E-state index contributed by atoms with van der Waals surface area (Å²) in [5.41, 5.74) is 2.41. The maximum atomic E-state index is 12.5. The summed E-state index contributed by atoms with van der Waals surface area (Å²) in [5, 5.41) is 3.85. The van der Waals surface area contributed by atoms with Gasteiger partial charge in [-0.2, -0.15) is 0 Å². The molecule has 3 aromatic rings. The van der Waals surface area contributed by atoms with Gasteiger partial charge >= 0.3 is 0 Å². The van der Waals surface area contributed by atoms with Gasteiger partial charge in [0, 0.05) is 27.7 Å². The van der Waals surface area contributed by atoms with Crippen molar-refractivity contribution in [3.05, 3.63) is 55.8 Å². The number of halogens is 2. The van der Waals surface area contributed by atoms with Crippen molar-refractivity contribution < 1.29 is 4.79 Å². The van der Waals surface area contributed by atoms with Crippen LogP contribution in [0.25, 0.3) is 10.9 Å². The molecular weight excluding hydrogens is 301 g/mol. The fourth-order valence-electron chi connectivity index (χ4n) is 1.99. The number of ketones is 1. The Labute approximate surface area is 124 Å². The Balaban J connectivity index is 2.17. The van der Waals surface area contributed by atoms with Crippen molar-refractivity contribution in [2.75, 3.05) is 0 Å². The van der Waals surface area contributed by atoms with Gasteiger partial charge in [-0.15, -0.1) is 11.3 Å². The van der Waals surface area contributed by atoms with E-state index in [1.54, 1.807) is 18.3 Å². The Morgan fingerprint density at radius 2 is 2.11 bits per heavy atom. The molecule has 0 bridgehead atoms. The van der Waals surface area contributed by atoms with Gasteiger partial charge in [0.2, 0.25) is 5.78 Å². The van der Waals surface area contributed by atoms with E-state index < -0.39 is 0 Å². The lowest BCUT2D eigenvalue weighted by Crippen LogP contribution is -1.98. The summed E-state index contributed by atoms with van der Waals surface area (Å²) in [6.07, 6.45) is 1.70. The number of hydrogen-bond donors (Lipinski definition) is 1. The number of carbonyl (C=O) groups is 1. The van der Waals surface area contributed by atoms with E-state index in [0.29, 0.717) is 20.5 Å². The fraction of sp³-hybridized carbons (Fsp3) is 0.0714. The fourth-order valence-corrected chi connectivity index (χ4v) is 3.39. The molecule has 0 unspecified atom stereocenters. The summed E-state index contributed by atoms with van der Waals surface area (Å²) in [6.45, 7) is 1.89. The van der Waals surface area contributed by atoms with E-state index in [9.17, 15) is 4.79 Å². The molecule has 3 rings (SSSR count). The molecule has 0 aliphatic rings. The Hall–Kier alpha value is -1.29. The minimum Gasteiger partial charge on any atom is -0.360 e. The predicted octanol–water partition coefficient (Wildman–Crippen LogP) is 5.08. The summed E-state index contributed by atoms with van der Waals surface area (Å²) < 4.78 is 0. The first-order valence-electron chi connectivity index (χ1n) is 5.63. The van der Waals surface area contributed by atoms with Crippen LogP contribution in [0.3, 0.4) is 0 Å². The molecule has 19 heavy (non-hydrogen) atoms. The standard InChI is InChI=1S/C14H9Cl2NOS/c1-7-6-19-14(12(7)16)13(18)10-5-17-11-3-2-8(15)4-9(10)11/h2-6,17H,1H3. The normalized spacial score (nSPS) is 11.1. The lowest BCUT2D eigenvalue weighted by molar-refractivity contribution is 0.104. The van der Waals surface area contributed by atoms with Gasteiger partial charge in [0.1, 0.15) is 0 Å². The second kappa shape index (κ2) is 4.67. The molecule has 96 valence electrons. The zero-order chi connectivity index (χ0) is 13.6. The van der Waals surface area contributed by atoms with Gasteiger partial charge in [-0.1, -0.05) is 23.2 Å². The number of benzene rings is 1. The van der Waals surface area contributed by atoms with Crippen LogP contribution in [0, 0.1) is 6.92 Å². The highest BCUT2D eigenvalue weighted by atomic mass is 35.5. The average molecular weight is 310 g/mol. The second-order valence-electron chi connectivity index (χ2n) is 4.28. The van der Waals surface area contributed by atoms with Crippen molar-refractivity contribution in [1.29, 1.82) is 0 Å². The minimum atomic E-state index is -0.0726. The maximum absolute atomic E-state index is 12.5. The Bertz CT molecular complexity index is 788. The lowest BCUT2D eigenvalue weighted by atomic mass is 10.1. The van der Waals surface area contributed by atoms with E-state index in [4.69, 9.17) is 23.2 Å². The first-order valence-corrected chi connectivity index (χ1v) is 7.26. The molecule has 0 aliphatic heterocycles. The molecule has 1 aromatic carbocycles. The number of aryl methyl sites for hydroxylation is 1. The monoisotopic (exact) mass is 309 g/mol. The number of rotatable bonds is 2. The van der Waals surface area contributed by atoms with Crippen LogP contribution in [0.15, 0.2) is 29.8 Å². The largest absolute Gasteiger partial charge is 0.360 e. The van der Waals surface area contributed by atoms with Crippen molar-refractivity contribution in [2.45, 2.75) is 6.92 Å². The summed E-state index contributed by atoms with van der Waals surface area (Å²) in [4.78, 5) is 16.2. The maximum Gasteiger partial charge on any atom is 0.206 e. The predicted molar refractivity (Wildman–Crippen MR) is 80.8 cm³/mol. The molecule has 5 heteroatoms. The number of fused-ring (bicyclic) bond motifs is 1. The van der Waals surface area contributed by atoms with Crippen molar-refractivity contribution in [3.63, 3.8) is 0 Å². The van der Waals surface area contributed by atoms with Gasteiger partial charge in [0.25, 0.3) is 0 Å². The molecule has 0 saturated heterocycles. The third-order valence-electron chi connectivity index (χ3n) is 2.99. The van der Waals surface area contributed by atoms with Crippen molar-refractivity contribution in [3.8, 4) is 0 Å². The van der Waals surface area contributed by atoms with Gasteiger partial charge < -0.3 is 4.98 Å². The molecule has 2 aromatic heterocycles. The average Bonchev–Trinajstić information content (AvgIpc) is 2.94. The zero-order valence-corrected chi connectivity index (χ0v) is 12.3. The van der Waals surface area contributed by atoms with Gasteiger partial charge in [-0.25, -0.2) is 0 Å². The lowest BCUT2D eigenvalue weighted by Gasteiger charge is -1.98. The highest BCUT2D eigenvalue weighted by Gasteiger charge is 2.19. The van der Waals surface area contributed by atoms with Gasteiger partial charge in [-0.05, 0) is 36.1 Å². The molecule has 0 radical (unpaired) electrons. The summed E-state index contributed by atoms with van der Waals surface area (Å²) in [5.74, 6) is -0.0726. The molecule has 0 atom stereocenters. The van der Waals surface area contributed by atoms with Crippen molar-refractivity contribution in [2.24, 2.45) is 0 Å². The number of hydrogen-bond acceptors (Lipinski definition) is 2. The van der Waals surface area contributed by atoms with Gasteiger partial charge in [-0.3, -0.25) is 4.79 Å². The molecule has 2 heterocycles. The van der Waals surface area contributed by atoms with Crippen LogP contribution in [-0.2, 0) is 0 Å². The van der Waals surface area contributed by atoms with Crippen molar-refractivity contribution >= 4 is 51.2 Å². The van der Waals surface area contributed by atoms with E-state index in [1.165, 1.54) is 11.3 Å². The molecular formula is C14H9Cl2NOS. The Morgan fingerprint density at radius 1 is 1.32 bits per heavy atom. The zero-order valence-electron chi connectivity index (χ0n) is 9.96. The quantitative estimate of drug-likeness (QED) is 0.658. The van der Waals surface area contributed by atoms with E-state index in [2.05, 4.69) is 4.98 Å². The van der Waals surface area contributed by atoms with Crippen LogP contribution in [0.5, 0.6) is 0 Å². The smallest absolute Gasteiger partial charge is 0.206 e. The van der Waals surface area contributed by atoms with Crippen LogP contribution in [-0.4, -0.2) is 10.8 Å². The molecule has 1 N–H and O–H groups in total. The highest BCUT2D eigenvalue weighted by molar-refractivity contribution is 7.13. The topological polar surface area (TPSA) is 32.9 Å². The molecule has 0 aliphatic carbocycles. The summed E-state index contributed by atoms with van der Waals surface area (Å²) >= 11 is 13.5. The Morgan fingerprint density at radius 3 is 2.79 bits per heavy atom. The van der Waals surface area contributed by atoms with Gasteiger partial charge in [0.05, 0.1) is 9.90 Å². The van der Waals surface area contributed by atoms with Crippen LogP contribution in [0.2, 0.25) is 10.0 Å². The van der Waals surface area contributed by atoms with E-state index in [0.717, 1.165) is 16.5 Å². The molecule has 0 fully saturated rings. The van der Waals surface area contributed by atoms with Gasteiger partial charge in [0.15, 0.2) is 0 Å². The SMILES string of the molecule is Cc1csc(C(=O)c2c[nH]c3ccc(Cl)cc23)c1Cl. The van der Waals surface area contributed by atoms with E-state index in [-0.39, 0.29) is 5.78 Å². The second-order valence-corrected chi connectivity index (χ2v) is 5.98. The Kier molecular flexibility index (Phi) is 3.13. The molecule has 0 spiro atoms. The van der Waals surface area contributed by atoms with E-state index in [1.807, 2.05) is 18.4 Å². The van der Waals surface area contributed by atoms with E-state index >= 15 is 0 Å². The van der Waals surface area contributed by atoms with Crippen LogP contribution >= 0.6 is 34.5 Å². The van der Waals surface area contributed by atoms with Crippen LogP contribution in [0.4, 0.5) is 0 Å². The minimum absolute atomic E-state index is 0.0726.